The van der Waals surface area contributed by atoms with Crippen LogP contribution in [-0.4, -0.2) is 7.05 Å². The molecule has 0 aliphatic heterocycles. The Labute approximate surface area is 44.4 Å². The maximum Gasteiger partial charge on any atom is 0.0260 e. The standard InChI is InChI=1S/C5H12N2/c1-4(6)5(2)7-3/h7H,6H2,1-3H3/b5-4+. The smallest absolute Gasteiger partial charge is 0.0260 e. The number of nitrogens with two attached hydrogens (primary N) is 1. The lowest BCUT2D eigenvalue weighted by atomic mass is 10.4. The van der Waals surface area contributed by atoms with Crippen LogP contribution in [0.4, 0.5) is 0 Å². The van der Waals surface area contributed by atoms with Crippen molar-refractivity contribution in [2.24, 2.45) is 5.73 Å². The number of hydrogen-bond acceptors (Lipinski definition) is 2. The van der Waals surface area contributed by atoms with Crippen LogP contribution in [0.5, 0.6) is 0 Å². The average Bonchev–Trinajstić information content (AvgIpc) is 1.65. The zero-order valence-electron chi connectivity index (χ0n) is 5.08. The van der Waals surface area contributed by atoms with E-state index in [1.165, 1.54) is 0 Å². The van der Waals surface area contributed by atoms with Gasteiger partial charge in [0, 0.05) is 18.4 Å². The van der Waals surface area contributed by atoms with E-state index in [4.69, 9.17) is 5.73 Å². The molecule has 0 atom stereocenters. The number of nitrogens with one attached hydrogen (secondary N) is 1. The lowest BCUT2D eigenvalue weighted by molar-refractivity contribution is 0.949. The normalized spacial score (nSPS) is 13.0. The van der Waals surface area contributed by atoms with Crippen LogP contribution in [0.25, 0.3) is 0 Å². The van der Waals surface area contributed by atoms with Crippen LogP contribution in [-0.2, 0) is 0 Å². The van der Waals surface area contributed by atoms with Crippen molar-refractivity contribution in [1.82, 2.24) is 5.32 Å². The van der Waals surface area contributed by atoms with Crippen LogP contribution in [0.3, 0.4) is 0 Å². The van der Waals surface area contributed by atoms with E-state index in [0.29, 0.717) is 0 Å². The Morgan fingerprint density at radius 3 is 1.86 bits per heavy atom. The molecule has 0 amide bonds. The van der Waals surface area contributed by atoms with Crippen molar-refractivity contribution in [3.63, 3.8) is 0 Å². The predicted molar refractivity (Wildman–Crippen MR) is 31.6 cm³/mol. The van der Waals surface area contributed by atoms with Crippen molar-refractivity contribution >= 4 is 0 Å². The minimum absolute atomic E-state index is 0.850. The Kier molecular flexibility index (Phi) is 2.27. The highest BCUT2D eigenvalue weighted by Crippen LogP contribution is 1.86. The van der Waals surface area contributed by atoms with Crippen molar-refractivity contribution in [1.29, 1.82) is 0 Å². The average molecular weight is 100 g/mol. The predicted octanol–water partition coefficient (Wildman–Crippen LogP) is 0.416. The maximum absolute atomic E-state index is 5.36. The Balaban J connectivity index is 3.72. The fourth-order valence-corrected chi connectivity index (χ4v) is 0.197. The van der Waals surface area contributed by atoms with Gasteiger partial charge in [-0.05, 0) is 13.8 Å². The van der Waals surface area contributed by atoms with Crippen LogP contribution >= 0.6 is 0 Å². The SMILES string of the molecule is CN/C(C)=C(\C)N. The molecule has 0 radical (unpaired) electrons. The first-order valence-electron chi connectivity index (χ1n) is 2.29. The van der Waals surface area contributed by atoms with Gasteiger partial charge in [0.15, 0.2) is 0 Å². The van der Waals surface area contributed by atoms with Gasteiger partial charge >= 0.3 is 0 Å². The molecule has 0 saturated carbocycles. The molecule has 0 rings (SSSR count). The van der Waals surface area contributed by atoms with E-state index in [0.717, 1.165) is 11.4 Å². The first-order valence-corrected chi connectivity index (χ1v) is 2.29. The molecule has 42 valence electrons. The van der Waals surface area contributed by atoms with Gasteiger partial charge in [0.2, 0.25) is 0 Å². The van der Waals surface area contributed by atoms with Gasteiger partial charge in [-0.2, -0.15) is 0 Å². The third kappa shape index (κ3) is 2.09. The Morgan fingerprint density at radius 2 is 1.86 bits per heavy atom. The monoisotopic (exact) mass is 100 g/mol. The largest absolute Gasteiger partial charge is 0.401 e. The fraction of sp³-hybridized carbons (Fsp3) is 0.600. The highest BCUT2D eigenvalue weighted by Gasteiger charge is 1.81. The molecule has 0 fully saturated rings. The summed E-state index contributed by atoms with van der Waals surface area (Å²) in [6.07, 6.45) is 0. The van der Waals surface area contributed by atoms with E-state index in [1.54, 1.807) is 0 Å². The number of allylic oxidation sites excluding steroid dienone is 2. The zero-order chi connectivity index (χ0) is 5.86. The molecule has 0 aromatic heterocycles. The molecular formula is C5H12N2. The number of rotatable bonds is 1. The fourth-order valence-electron chi connectivity index (χ4n) is 0.197. The minimum atomic E-state index is 0.850. The molecule has 2 heteroatoms. The van der Waals surface area contributed by atoms with Crippen LogP contribution in [0.15, 0.2) is 11.4 Å². The highest BCUT2D eigenvalue weighted by molar-refractivity contribution is 5.01. The summed E-state index contributed by atoms with van der Waals surface area (Å²) in [6, 6.07) is 0. The summed E-state index contributed by atoms with van der Waals surface area (Å²) in [5, 5.41) is 2.92. The summed E-state index contributed by atoms with van der Waals surface area (Å²) in [4.78, 5) is 0. The van der Waals surface area contributed by atoms with E-state index >= 15 is 0 Å². The molecule has 3 N–H and O–H groups in total. The van der Waals surface area contributed by atoms with Gasteiger partial charge < -0.3 is 11.1 Å². The summed E-state index contributed by atoms with van der Waals surface area (Å²) < 4.78 is 0. The zero-order valence-corrected chi connectivity index (χ0v) is 5.08. The van der Waals surface area contributed by atoms with Gasteiger partial charge in [0.25, 0.3) is 0 Å². The van der Waals surface area contributed by atoms with E-state index in [-0.39, 0.29) is 0 Å². The van der Waals surface area contributed by atoms with Crippen LogP contribution < -0.4 is 11.1 Å². The van der Waals surface area contributed by atoms with Gasteiger partial charge in [0.1, 0.15) is 0 Å². The summed E-state index contributed by atoms with van der Waals surface area (Å²) in [7, 11) is 1.85. The van der Waals surface area contributed by atoms with E-state index in [2.05, 4.69) is 5.32 Å². The molecule has 0 saturated heterocycles. The molecule has 0 aromatic rings. The molecular weight excluding hydrogens is 88.1 g/mol. The van der Waals surface area contributed by atoms with E-state index in [9.17, 15) is 0 Å². The van der Waals surface area contributed by atoms with E-state index in [1.807, 2.05) is 20.9 Å². The molecule has 0 bridgehead atoms. The van der Waals surface area contributed by atoms with Crippen LogP contribution in [0.1, 0.15) is 13.8 Å². The molecule has 0 spiro atoms. The maximum atomic E-state index is 5.36. The molecule has 0 aliphatic rings. The first-order chi connectivity index (χ1) is 3.18. The molecule has 7 heavy (non-hydrogen) atoms. The van der Waals surface area contributed by atoms with Gasteiger partial charge in [-0.3, -0.25) is 0 Å². The summed E-state index contributed by atoms with van der Waals surface area (Å²) in [6.45, 7) is 3.81. The quantitative estimate of drug-likeness (QED) is 0.501. The summed E-state index contributed by atoms with van der Waals surface area (Å²) >= 11 is 0. The highest BCUT2D eigenvalue weighted by atomic mass is 14.8. The lowest BCUT2D eigenvalue weighted by Gasteiger charge is -1.98. The topological polar surface area (TPSA) is 38.0 Å². The molecule has 0 aliphatic carbocycles. The van der Waals surface area contributed by atoms with Gasteiger partial charge in [0.05, 0.1) is 0 Å². The Hall–Kier alpha value is -0.660. The lowest BCUT2D eigenvalue weighted by Crippen LogP contribution is -2.08. The molecule has 0 aromatic carbocycles. The van der Waals surface area contributed by atoms with Crippen LogP contribution in [0, 0.1) is 0 Å². The second kappa shape index (κ2) is 2.50. The van der Waals surface area contributed by atoms with E-state index < -0.39 is 0 Å². The van der Waals surface area contributed by atoms with Crippen molar-refractivity contribution < 1.29 is 0 Å². The minimum Gasteiger partial charge on any atom is -0.401 e. The molecule has 0 unspecified atom stereocenters. The summed E-state index contributed by atoms with van der Waals surface area (Å²) in [5.41, 5.74) is 7.25. The van der Waals surface area contributed by atoms with Gasteiger partial charge in [-0.25, -0.2) is 0 Å². The Bertz CT molecular complexity index is 80.1. The molecule has 2 nitrogen and oxygen atoms in total. The van der Waals surface area contributed by atoms with Gasteiger partial charge in [-0.1, -0.05) is 0 Å². The van der Waals surface area contributed by atoms with Gasteiger partial charge in [-0.15, -0.1) is 0 Å². The second-order valence-corrected chi connectivity index (χ2v) is 1.56. The van der Waals surface area contributed by atoms with Crippen LogP contribution in [0.2, 0.25) is 0 Å². The molecule has 0 heterocycles. The summed E-state index contributed by atoms with van der Waals surface area (Å²) in [5.74, 6) is 0. The third-order valence-corrected chi connectivity index (χ3v) is 0.967. The number of hydrogen-bond donors (Lipinski definition) is 2. The van der Waals surface area contributed by atoms with Crippen molar-refractivity contribution in [3.05, 3.63) is 11.4 Å². The van der Waals surface area contributed by atoms with Crippen molar-refractivity contribution in [2.75, 3.05) is 7.05 Å². The van der Waals surface area contributed by atoms with Crippen molar-refractivity contribution in [3.8, 4) is 0 Å². The first kappa shape index (κ1) is 6.34. The van der Waals surface area contributed by atoms with Crippen molar-refractivity contribution in [2.45, 2.75) is 13.8 Å². The Morgan fingerprint density at radius 1 is 1.43 bits per heavy atom. The third-order valence-electron chi connectivity index (χ3n) is 0.967. The second-order valence-electron chi connectivity index (χ2n) is 1.56.